The monoisotopic (exact) mass is 203 g/mol. The van der Waals surface area contributed by atoms with E-state index in [1.807, 2.05) is 24.3 Å². The van der Waals surface area contributed by atoms with Crippen LogP contribution in [0.25, 0.3) is 0 Å². The molecule has 0 aromatic heterocycles. The highest BCUT2D eigenvalue weighted by atomic mass is 35.5. The number of benzene rings is 1. The number of halogens is 1. The molecular weight excluding hydrogens is 190 g/mol. The third-order valence-electron chi connectivity index (χ3n) is 1.44. The van der Waals surface area contributed by atoms with Crippen molar-refractivity contribution in [3.63, 3.8) is 0 Å². The number of rotatable bonds is 4. The molecule has 0 saturated heterocycles. The van der Waals surface area contributed by atoms with Gasteiger partial charge in [0.2, 0.25) is 0 Å². The van der Waals surface area contributed by atoms with Crippen molar-refractivity contribution in [2.24, 2.45) is 0 Å². The maximum absolute atomic E-state index is 5.50. The van der Waals surface area contributed by atoms with Crippen molar-refractivity contribution >= 4 is 18.1 Å². The molecule has 74 valence electrons. The minimum atomic E-state index is 0. The first-order chi connectivity index (χ1) is 5.83. The Morgan fingerprint density at radius 3 is 2.31 bits per heavy atom. The standard InChI is InChI=1S/C9H13NO2.ClH/c1-11-6-7-12-9-4-2-8(10)3-5-9;/h2-5H,6-7,10H2,1H3;1H. The second kappa shape index (κ2) is 6.57. The zero-order chi connectivity index (χ0) is 8.81. The third-order valence-corrected chi connectivity index (χ3v) is 1.44. The average molecular weight is 204 g/mol. The number of nitrogens with two attached hydrogens (primary N) is 1. The van der Waals surface area contributed by atoms with Crippen LogP contribution >= 0.6 is 12.4 Å². The largest absolute Gasteiger partial charge is 0.491 e. The fourth-order valence-corrected chi connectivity index (χ4v) is 0.807. The lowest BCUT2D eigenvalue weighted by atomic mass is 10.3. The van der Waals surface area contributed by atoms with Crippen molar-refractivity contribution < 1.29 is 9.47 Å². The lowest BCUT2D eigenvalue weighted by Gasteiger charge is -2.04. The van der Waals surface area contributed by atoms with E-state index < -0.39 is 0 Å². The molecule has 2 N–H and O–H groups in total. The predicted octanol–water partition coefficient (Wildman–Crippen LogP) is 1.72. The van der Waals surface area contributed by atoms with Crippen LogP contribution in [0.5, 0.6) is 5.75 Å². The topological polar surface area (TPSA) is 44.5 Å². The Bertz CT molecular complexity index is 226. The van der Waals surface area contributed by atoms with Crippen molar-refractivity contribution in [2.75, 3.05) is 26.1 Å². The van der Waals surface area contributed by atoms with Gasteiger partial charge in [-0.1, -0.05) is 0 Å². The Kier molecular flexibility index (Phi) is 6.10. The van der Waals surface area contributed by atoms with E-state index in [9.17, 15) is 0 Å². The van der Waals surface area contributed by atoms with E-state index in [-0.39, 0.29) is 12.4 Å². The molecule has 0 radical (unpaired) electrons. The van der Waals surface area contributed by atoms with E-state index in [0.29, 0.717) is 13.2 Å². The molecule has 0 unspecified atom stereocenters. The molecule has 1 aromatic carbocycles. The highest BCUT2D eigenvalue weighted by Gasteiger charge is 1.91. The van der Waals surface area contributed by atoms with Gasteiger partial charge in [-0.25, -0.2) is 0 Å². The lowest BCUT2D eigenvalue weighted by Crippen LogP contribution is -2.03. The summed E-state index contributed by atoms with van der Waals surface area (Å²) in [6.45, 7) is 1.17. The van der Waals surface area contributed by atoms with Gasteiger partial charge in [-0.2, -0.15) is 0 Å². The van der Waals surface area contributed by atoms with Crippen molar-refractivity contribution in [3.8, 4) is 5.75 Å². The van der Waals surface area contributed by atoms with Crippen LogP contribution in [0.3, 0.4) is 0 Å². The van der Waals surface area contributed by atoms with Gasteiger partial charge in [0.1, 0.15) is 12.4 Å². The van der Waals surface area contributed by atoms with Gasteiger partial charge in [0.25, 0.3) is 0 Å². The van der Waals surface area contributed by atoms with Crippen LogP contribution in [0.15, 0.2) is 24.3 Å². The SMILES string of the molecule is COCCOc1ccc(N)cc1.Cl. The molecule has 0 aliphatic rings. The summed E-state index contributed by atoms with van der Waals surface area (Å²) in [5.41, 5.74) is 6.25. The van der Waals surface area contributed by atoms with Gasteiger partial charge < -0.3 is 15.2 Å². The van der Waals surface area contributed by atoms with Crippen LogP contribution in [0.1, 0.15) is 0 Å². The minimum absolute atomic E-state index is 0. The van der Waals surface area contributed by atoms with Crippen LogP contribution in [0.2, 0.25) is 0 Å². The summed E-state index contributed by atoms with van der Waals surface area (Å²) in [4.78, 5) is 0. The molecule has 0 bridgehead atoms. The van der Waals surface area contributed by atoms with E-state index in [1.54, 1.807) is 7.11 Å². The normalized spacial score (nSPS) is 9.00. The Balaban J connectivity index is 0.00000144. The molecule has 13 heavy (non-hydrogen) atoms. The van der Waals surface area contributed by atoms with Crippen molar-refractivity contribution in [1.82, 2.24) is 0 Å². The smallest absolute Gasteiger partial charge is 0.119 e. The molecule has 0 aliphatic carbocycles. The van der Waals surface area contributed by atoms with Crippen molar-refractivity contribution in [1.29, 1.82) is 0 Å². The van der Waals surface area contributed by atoms with Crippen LogP contribution < -0.4 is 10.5 Å². The molecule has 0 fully saturated rings. The number of hydrogen-bond acceptors (Lipinski definition) is 3. The highest BCUT2D eigenvalue weighted by molar-refractivity contribution is 5.85. The van der Waals surface area contributed by atoms with E-state index in [4.69, 9.17) is 15.2 Å². The van der Waals surface area contributed by atoms with Crippen LogP contribution in [-0.2, 0) is 4.74 Å². The Hall–Kier alpha value is -0.930. The van der Waals surface area contributed by atoms with Gasteiger partial charge in [0.05, 0.1) is 6.61 Å². The second-order valence-corrected chi connectivity index (χ2v) is 2.41. The van der Waals surface area contributed by atoms with Gasteiger partial charge in [-0.05, 0) is 24.3 Å². The average Bonchev–Trinajstić information content (AvgIpc) is 2.09. The van der Waals surface area contributed by atoms with Crippen LogP contribution in [0.4, 0.5) is 5.69 Å². The summed E-state index contributed by atoms with van der Waals surface area (Å²) in [7, 11) is 1.65. The van der Waals surface area contributed by atoms with Gasteiger partial charge in [0.15, 0.2) is 0 Å². The quantitative estimate of drug-likeness (QED) is 0.599. The van der Waals surface area contributed by atoms with E-state index in [0.717, 1.165) is 11.4 Å². The van der Waals surface area contributed by atoms with Gasteiger partial charge in [0, 0.05) is 12.8 Å². The van der Waals surface area contributed by atoms with Crippen molar-refractivity contribution in [2.45, 2.75) is 0 Å². The molecule has 1 rings (SSSR count). The summed E-state index contributed by atoms with van der Waals surface area (Å²) in [5, 5.41) is 0. The highest BCUT2D eigenvalue weighted by Crippen LogP contribution is 2.12. The fraction of sp³-hybridized carbons (Fsp3) is 0.333. The Labute approximate surface area is 84.2 Å². The van der Waals surface area contributed by atoms with Gasteiger partial charge in [-0.15, -0.1) is 12.4 Å². The molecule has 1 aromatic rings. The molecule has 0 heterocycles. The molecule has 3 nitrogen and oxygen atoms in total. The van der Waals surface area contributed by atoms with Crippen LogP contribution in [0, 0.1) is 0 Å². The minimum Gasteiger partial charge on any atom is -0.491 e. The van der Waals surface area contributed by atoms with Crippen molar-refractivity contribution in [3.05, 3.63) is 24.3 Å². The van der Waals surface area contributed by atoms with Gasteiger partial charge >= 0.3 is 0 Å². The Morgan fingerprint density at radius 2 is 1.77 bits per heavy atom. The number of nitrogen functional groups attached to an aromatic ring is 1. The number of methoxy groups -OCH3 is 1. The van der Waals surface area contributed by atoms with Crippen LogP contribution in [-0.4, -0.2) is 20.3 Å². The number of hydrogen-bond donors (Lipinski definition) is 1. The zero-order valence-corrected chi connectivity index (χ0v) is 8.34. The predicted molar refractivity (Wildman–Crippen MR) is 55.5 cm³/mol. The van der Waals surface area contributed by atoms with E-state index in [2.05, 4.69) is 0 Å². The van der Waals surface area contributed by atoms with Gasteiger partial charge in [-0.3, -0.25) is 0 Å². The second-order valence-electron chi connectivity index (χ2n) is 2.41. The first-order valence-electron chi connectivity index (χ1n) is 3.80. The third kappa shape index (κ3) is 4.60. The summed E-state index contributed by atoms with van der Waals surface area (Å²) in [6, 6.07) is 7.29. The first-order valence-corrected chi connectivity index (χ1v) is 3.80. The molecule has 0 spiro atoms. The molecule has 0 aliphatic heterocycles. The molecule has 0 atom stereocenters. The molecular formula is C9H14ClNO2. The Morgan fingerprint density at radius 1 is 1.15 bits per heavy atom. The van der Waals surface area contributed by atoms with E-state index in [1.165, 1.54) is 0 Å². The number of anilines is 1. The summed E-state index contributed by atoms with van der Waals surface area (Å²) in [5.74, 6) is 0.821. The summed E-state index contributed by atoms with van der Waals surface area (Å²) < 4.78 is 10.2. The molecule has 4 heteroatoms. The summed E-state index contributed by atoms with van der Waals surface area (Å²) in [6.07, 6.45) is 0. The van der Waals surface area contributed by atoms with E-state index >= 15 is 0 Å². The number of ether oxygens (including phenoxy) is 2. The fourth-order valence-electron chi connectivity index (χ4n) is 0.807. The molecule has 0 amide bonds. The maximum Gasteiger partial charge on any atom is 0.119 e. The lowest BCUT2D eigenvalue weighted by molar-refractivity contribution is 0.146. The summed E-state index contributed by atoms with van der Waals surface area (Å²) >= 11 is 0. The molecule has 0 saturated carbocycles. The first kappa shape index (κ1) is 12.1. The zero-order valence-electron chi connectivity index (χ0n) is 7.53. The maximum atomic E-state index is 5.50.